The minimum Gasteiger partial charge on any atom is -0.362 e. The lowest BCUT2D eigenvalue weighted by atomic mass is 10.0. The van der Waals surface area contributed by atoms with E-state index in [-0.39, 0.29) is 17.6 Å². The summed E-state index contributed by atoms with van der Waals surface area (Å²) in [7, 11) is 0. The summed E-state index contributed by atoms with van der Waals surface area (Å²) >= 11 is 1.40. The minimum absolute atomic E-state index is 0.295. The van der Waals surface area contributed by atoms with Gasteiger partial charge in [0.1, 0.15) is 28.1 Å². The molecule has 1 unspecified atom stereocenters. The Bertz CT molecular complexity index is 1070. The number of dihydropyridines is 1. The average molecular weight is 470 g/mol. The lowest BCUT2D eigenvalue weighted by Gasteiger charge is -2.28. The van der Waals surface area contributed by atoms with Crippen LogP contribution in [0.2, 0.25) is 0 Å². The Morgan fingerprint density at radius 2 is 1.88 bits per heavy atom. The molecule has 4 rings (SSSR count). The fourth-order valence-corrected chi connectivity index (χ4v) is 4.87. The molecular formula is C24H28FN5O2S. The smallest absolute Gasteiger partial charge is 0.251 e. The number of benzene rings is 1. The number of aromatic nitrogens is 1. The number of rotatable bonds is 6. The Hall–Kier alpha value is -3.07. The molecule has 174 valence electrons. The summed E-state index contributed by atoms with van der Waals surface area (Å²) in [6.45, 7) is 5.15. The van der Waals surface area contributed by atoms with E-state index < -0.39 is 11.6 Å². The standard InChI is InChI=1S/C24H28FN5O2S/c1-24(2,29-20(31)18-8-4-5-13-26-18)22(32)28-23-27-19(16-9-11-17(25)12-10-16)21(33-23)30-14-6-3-7-15-30/h4-5,9-13,18H,3,6-8,14-15H2,1-2H3,(H,29,31)(H,27,28,32). The summed E-state index contributed by atoms with van der Waals surface area (Å²) in [6.07, 6.45) is 9.16. The van der Waals surface area contributed by atoms with Gasteiger partial charge in [0, 0.05) is 24.9 Å². The number of hydrogen-bond acceptors (Lipinski definition) is 6. The predicted molar refractivity (Wildman–Crippen MR) is 130 cm³/mol. The van der Waals surface area contributed by atoms with Crippen LogP contribution in [-0.4, -0.2) is 47.7 Å². The number of halogens is 1. The SMILES string of the molecule is CC(C)(NC(=O)C1CC=CC=N1)C(=O)Nc1nc(-c2ccc(F)cc2)c(N2CCCCC2)s1. The zero-order chi connectivity index (χ0) is 23.4. The molecular weight excluding hydrogens is 441 g/mol. The van der Waals surface area contributed by atoms with Gasteiger partial charge in [-0.15, -0.1) is 0 Å². The normalized spacial score (nSPS) is 18.3. The number of allylic oxidation sites excluding steroid dienone is 1. The van der Waals surface area contributed by atoms with Gasteiger partial charge >= 0.3 is 0 Å². The van der Waals surface area contributed by atoms with Crippen LogP contribution in [0.5, 0.6) is 0 Å². The van der Waals surface area contributed by atoms with Crippen LogP contribution in [0.1, 0.15) is 39.5 Å². The Labute approximate surface area is 196 Å². The summed E-state index contributed by atoms with van der Waals surface area (Å²) < 4.78 is 13.5. The first kappa shape index (κ1) is 23.1. The molecule has 0 aliphatic carbocycles. The second-order valence-corrected chi connectivity index (χ2v) is 9.75. The van der Waals surface area contributed by atoms with Gasteiger partial charge < -0.3 is 10.2 Å². The molecule has 0 bridgehead atoms. The largest absolute Gasteiger partial charge is 0.362 e. The van der Waals surface area contributed by atoms with Crippen LogP contribution in [0.15, 0.2) is 41.4 Å². The first-order valence-electron chi connectivity index (χ1n) is 11.2. The van der Waals surface area contributed by atoms with Gasteiger partial charge in [-0.05, 0) is 69.9 Å². The van der Waals surface area contributed by atoms with Crippen molar-refractivity contribution >= 4 is 39.5 Å². The first-order chi connectivity index (χ1) is 15.8. The van der Waals surface area contributed by atoms with Crippen molar-refractivity contribution in [1.29, 1.82) is 0 Å². The van der Waals surface area contributed by atoms with E-state index in [1.165, 1.54) is 29.9 Å². The van der Waals surface area contributed by atoms with Gasteiger partial charge in [0.2, 0.25) is 5.91 Å². The van der Waals surface area contributed by atoms with Gasteiger partial charge in [0.05, 0.1) is 0 Å². The van der Waals surface area contributed by atoms with Crippen LogP contribution in [0.4, 0.5) is 14.5 Å². The van der Waals surface area contributed by atoms with Gasteiger partial charge in [0.25, 0.3) is 5.91 Å². The lowest BCUT2D eigenvalue weighted by molar-refractivity contribution is -0.130. The number of aliphatic imine (C=N–C) groups is 1. The van der Waals surface area contributed by atoms with Crippen LogP contribution in [0, 0.1) is 5.82 Å². The topological polar surface area (TPSA) is 86.7 Å². The minimum atomic E-state index is -1.15. The van der Waals surface area contributed by atoms with Crippen molar-refractivity contribution in [2.75, 3.05) is 23.3 Å². The maximum absolute atomic E-state index is 13.5. The monoisotopic (exact) mass is 469 g/mol. The zero-order valence-corrected chi connectivity index (χ0v) is 19.6. The Balaban J connectivity index is 1.53. The van der Waals surface area contributed by atoms with E-state index in [1.807, 2.05) is 6.08 Å². The van der Waals surface area contributed by atoms with Gasteiger partial charge in [-0.25, -0.2) is 9.37 Å². The molecule has 2 N–H and O–H groups in total. The number of carbonyl (C=O) groups is 2. The van der Waals surface area contributed by atoms with Crippen LogP contribution >= 0.6 is 11.3 Å². The van der Waals surface area contributed by atoms with Crippen molar-refractivity contribution in [3.8, 4) is 11.3 Å². The molecule has 7 nitrogen and oxygen atoms in total. The van der Waals surface area contributed by atoms with E-state index in [9.17, 15) is 14.0 Å². The molecule has 2 aromatic rings. The third-order valence-electron chi connectivity index (χ3n) is 5.74. The highest BCUT2D eigenvalue weighted by Gasteiger charge is 2.33. The lowest BCUT2D eigenvalue weighted by Crippen LogP contribution is -2.54. The summed E-state index contributed by atoms with van der Waals surface area (Å²) in [5.41, 5.74) is 0.368. The zero-order valence-electron chi connectivity index (χ0n) is 18.8. The van der Waals surface area contributed by atoms with E-state index in [0.29, 0.717) is 11.6 Å². The number of anilines is 2. The summed E-state index contributed by atoms with van der Waals surface area (Å²) in [4.78, 5) is 36.7. The number of piperidine rings is 1. The number of nitrogens with zero attached hydrogens (tertiary/aromatic N) is 3. The molecule has 2 amide bonds. The average Bonchev–Trinajstić information content (AvgIpc) is 3.24. The molecule has 3 heterocycles. The van der Waals surface area contributed by atoms with Gasteiger partial charge in [-0.2, -0.15) is 0 Å². The van der Waals surface area contributed by atoms with Gasteiger partial charge in [-0.3, -0.25) is 19.9 Å². The second kappa shape index (κ2) is 9.82. The number of amides is 2. The molecule has 2 aliphatic heterocycles. The van der Waals surface area contributed by atoms with Crippen molar-refractivity contribution in [3.63, 3.8) is 0 Å². The van der Waals surface area contributed by atoms with E-state index in [0.717, 1.165) is 42.2 Å². The number of hydrogen-bond donors (Lipinski definition) is 2. The molecule has 1 saturated heterocycles. The maximum atomic E-state index is 13.5. The highest BCUT2D eigenvalue weighted by atomic mass is 32.1. The van der Waals surface area contributed by atoms with E-state index >= 15 is 0 Å². The van der Waals surface area contributed by atoms with E-state index in [4.69, 9.17) is 0 Å². The quantitative estimate of drug-likeness (QED) is 0.665. The van der Waals surface area contributed by atoms with Crippen LogP contribution in [-0.2, 0) is 9.59 Å². The third kappa shape index (κ3) is 5.47. The fraction of sp³-hybridized carbons (Fsp3) is 0.417. The molecule has 33 heavy (non-hydrogen) atoms. The van der Waals surface area contributed by atoms with E-state index in [1.54, 1.807) is 38.3 Å². The molecule has 1 atom stereocenters. The van der Waals surface area contributed by atoms with Crippen molar-refractivity contribution in [1.82, 2.24) is 10.3 Å². The van der Waals surface area contributed by atoms with Crippen LogP contribution < -0.4 is 15.5 Å². The maximum Gasteiger partial charge on any atom is 0.251 e. The highest BCUT2D eigenvalue weighted by molar-refractivity contribution is 7.20. The Morgan fingerprint density at radius 1 is 1.15 bits per heavy atom. The highest BCUT2D eigenvalue weighted by Crippen LogP contribution is 2.40. The van der Waals surface area contributed by atoms with Crippen molar-refractivity contribution in [3.05, 3.63) is 42.2 Å². The van der Waals surface area contributed by atoms with Gasteiger partial charge in [0.15, 0.2) is 5.13 Å². The summed E-state index contributed by atoms with van der Waals surface area (Å²) in [6, 6.07) is 5.69. The van der Waals surface area contributed by atoms with Crippen LogP contribution in [0.3, 0.4) is 0 Å². The third-order valence-corrected chi connectivity index (χ3v) is 6.78. The molecule has 0 saturated carbocycles. The predicted octanol–water partition coefficient (Wildman–Crippen LogP) is 4.17. The number of nitrogens with one attached hydrogen (secondary N) is 2. The van der Waals surface area contributed by atoms with Crippen molar-refractivity contribution < 1.29 is 14.0 Å². The molecule has 1 aromatic heterocycles. The molecule has 1 fully saturated rings. The summed E-state index contributed by atoms with van der Waals surface area (Å²) in [5.74, 6) is -0.969. The number of thiazole rings is 1. The molecule has 1 aromatic carbocycles. The number of carbonyl (C=O) groups excluding carboxylic acids is 2. The Kier molecular flexibility index (Phi) is 6.88. The van der Waals surface area contributed by atoms with Gasteiger partial charge in [-0.1, -0.05) is 17.4 Å². The van der Waals surface area contributed by atoms with Crippen molar-refractivity contribution in [2.45, 2.75) is 51.1 Å². The van der Waals surface area contributed by atoms with Crippen molar-refractivity contribution in [2.24, 2.45) is 4.99 Å². The molecule has 0 radical (unpaired) electrons. The van der Waals surface area contributed by atoms with E-state index in [2.05, 4.69) is 25.5 Å². The summed E-state index contributed by atoms with van der Waals surface area (Å²) in [5, 5.41) is 7.07. The second-order valence-electron chi connectivity index (χ2n) is 8.77. The first-order valence-corrected chi connectivity index (χ1v) is 12.0. The Morgan fingerprint density at radius 3 is 2.55 bits per heavy atom. The molecule has 9 heteroatoms. The van der Waals surface area contributed by atoms with Crippen LogP contribution in [0.25, 0.3) is 11.3 Å². The molecule has 0 spiro atoms. The molecule has 2 aliphatic rings. The fourth-order valence-electron chi connectivity index (χ4n) is 3.83.